The van der Waals surface area contributed by atoms with Gasteiger partial charge in [-0.2, -0.15) is 0 Å². The highest BCUT2D eigenvalue weighted by Gasteiger charge is 2.11. The number of carbonyl (C=O) groups is 2. The second-order valence-electron chi connectivity index (χ2n) is 5.36. The molecule has 0 atom stereocenters. The van der Waals surface area contributed by atoms with Gasteiger partial charge >= 0.3 is 5.69 Å². The van der Waals surface area contributed by atoms with Gasteiger partial charge in [0.1, 0.15) is 0 Å². The number of carbonyl (C=O) groups excluding carboxylic acids is 2. The Morgan fingerprint density at radius 3 is 2.48 bits per heavy atom. The fourth-order valence-electron chi connectivity index (χ4n) is 2.39. The van der Waals surface area contributed by atoms with E-state index < -0.39 is 0 Å². The molecule has 2 aromatic rings. The predicted molar refractivity (Wildman–Crippen MR) is 88.1 cm³/mol. The van der Waals surface area contributed by atoms with Crippen LogP contribution in [0.5, 0.6) is 0 Å². The largest absolute Gasteiger partial charge is 0.355 e. The smallest absolute Gasteiger partial charge is 0.328 e. The minimum absolute atomic E-state index is 0.0384. The Bertz CT molecular complexity index is 760. The third-order valence-electron chi connectivity index (χ3n) is 3.63. The van der Waals surface area contributed by atoms with Crippen LogP contribution in [0.1, 0.15) is 19.8 Å². The van der Waals surface area contributed by atoms with Crippen molar-refractivity contribution in [2.75, 3.05) is 13.1 Å². The molecular formula is C16H22N4O3. The van der Waals surface area contributed by atoms with E-state index in [9.17, 15) is 14.4 Å². The Balaban J connectivity index is 1.94. The SMILES string of the molecule is CCCNC(=O)CNC(=O)CCn1c(=O)n(C)c2ccccc21. The Hall–Kier alpha value is -2.57. The van der Waals surface area contributed by atoms with Gasteiger partial charge in [0.05, 0.1) is 17.6 Å². The molecule has 0 spiro atoms. The lowest BCUT2D eigenvalue weighted by Crippen LogP contribution is -2.37. The molecule has 0 saturated carbocycles. The summed E-state index contributed by atoms with van der Waals surface area (Å²) in [6.45, 7) is 2.80. The third-order valence-corrected chi connectivity index (χ3v) is 3.63. The molecule has 0 unspecified atom stereocenters. The molecule has 0 bridgehead atoms. The van der Waals surface area contributed by atoms with Crippen LogP contribution >= 0.6 is 0 Å². The molecule has 1 aromatic heterocycles. The number of nitrogens with zero attached hydrogens (tertiary/aromatic N) is 2. The van der Waals surface area contributed by atoms with E-state index in [2.05, 4.69) is 10.6 Å². The van der Waals surface area contributed by atoms with Gasteiger partial charge in [-0.05, 0) is 18.6 Å². The highest BCUT2D eigenvalue weighted by atomic mass is 16.2. The van der Waals surface area contributed by atoms with Crippen molar-refractivity contribution in [2.24, 2.45) is 7.05 Å². The summed E-state index contributed by atoms with van der Waals surface area (Å²) in [7, 11) is 1.71. The normalized spacial score (nSPS) is 10.7. The second kappa shape index (κ2) is 7.62. The first-order valence-electron chi connectivity index (χ1n) is 7.72. The number of benzene rings is 1. The van der Waals surface area contributed by atoms with Gasteiger partial charge in [0, 0.05) is 26.6 Å². The quantitative estimate of drug-likeness (QED) is 0.773. The van der Waals surface area contributed by atoms with Crippen molar-refractivity contribution in [2.45, 2.75) is 26.3 Å². The lowest BCUT2D eigenvalue weighted by atomic mass is 10.3. The summed E-state index contributed by atoms with van der Waals surface area (Å²) in [4.78, 5) is 35.5. The molecule has 0 aliphatic carbocycles. The summed E-state index contributed by atoms with van der Waals surface area (Å²) in [5.74, 6) is -0.459. The molecular weight excluding hydrogens is 296 g/mol. The molecule has 0 aliphatic heterocycles. The topological polar surface area (TPSA) is 85.1 Å². The summed E-state index contributed by atoms with van der Waals surface area (Å²) >= 11 is 0. The van der Waals surface area contributed by atoms with Crippen molar-refractivity contribution in [3.05, 3.63) is 34.7 Å². The van der Waals surface area contributed by atoms with Crippen molar-refractivity contribution in [3.8, 4) is 0 Å². The first kappa shape index (κ1) is 16.8. The molecule has 0 saturated heterocycles. The van der Waals surface area contributed by atoms with Crippen LogP contribution in [0, 0.1) is 0 Å². The van der Waals surface area contributed by atoms with Crippen LogP contribution in [-0.4, -0.2) is 34.0 Å². The van der Waals surface area contributed by atoms with Crippen molar-refractivity contribution in [1.82, 2.24) is 19.8 Å². The van der Waals surface area contributed by atoms with Crippen LogP contribution in [0.4, 0.5) is 0 Å². The number of nitrogens with one attached hydrogen (secondary N) is 2. The number of rotatable bonds is 7. The summed E-state index contributed by atoms with van der Waals surface area (Å²) in [5.41, 5.74) is 1.48. The average Bonchev–Trinajstić information content (AvgIpc) is 2.80. The van der Waals surface area contributed by atoms with Gasteiger partial charge in [0.2, 0.25) is 11.8 Å². The van der Waals surface area contributed by atoms with E-state index in [0.717, 1.165) is 17.5 Å². The number of hydrogen-bond donors (Lipinski definition) is 2. The molecule has 1 aromatic carbocycles. The van der Waals surface area contributed by atoms with Crippen LogP contribution in [0.25, 0.3) is 11.0 Å². The number of hydrogen-bond acceptors (Lipinski definition) is 3. The van der Waals surface area contributed by atoms with Gasteiger partial charge in [-0.25, -0.2) is 4.79 Å². The molecule has 124 valence electrons. The molecule has 2 N–H and O–H groups in total. The predicted octanol–water partition coefficient (Wildman–Crippen LogP) is 0.373. The van der Waals surface area contributed by atoms with Gasteiger partial charge < -0.3 is 10.6 Å². The van der Waals surface area contributed by atoms with E-state index in [1.165, 1.54) is 0 Å². The fraction of sp³-hybridized carbons (Fsp3) is 0.438. The summed E-state index contributed by atoms with van der Waals surface area (Å²) in [6.07, 6.45) is 0.999. The Kier molecular flexibility index (Phi) is 5.56. The number of imidazole rings is 1. The van der Waals surface area contributed by atoms with Crippen LogP contribution in [0.15, 0.2) is 29.1 Å². The first-order chi connectivity index (χ1) is 11.0. The maximum atomic E-state index is 12.2. The zero-order valence-corrected chi connectivity index (χ0v) is 13.5. The van der Waals surface area contributed by atoms with Crippen LogP contribution in [-0.2, 0) is 23.2 Å². The molecule has 0 radical (unpaired) electrons. The maximum Gasteiger partial charge on any atom is 0.328 e. The summed E-state index contributed by atoms with van der Waals surface area (Å²) in [6, 6.07) is 7.45. The Morgan fingerprint density at radius 1 is 1.09 bits per heavy atom. The molecule has 7 heteroatoms. The minimum Gasteiger partial charge on any atom is -0.355 e. The van der Waals surface area contributed by atoms with E-state index in [4.69, 9.17) is 0 Å². The van der Waals surface area contributed by atoms with Crippen molar-refractivity contribution in [1.29, 1.82) is 0 Å². The second-order valence-corrected chi connectivity index (χ2v) is 5.36. The zero-order valence-electron chi connectivity index (χ0n) is 13.5. The van der Waals surface area contributed by atoms with Gasteiger partial charge in [0.15, 0.2) is 0 Å². The van der Waals surface area contributed by atoms with E-state index in [1.807, 2.05) is 31.2 Å². The fourth-order valence-corrected chi connectivity index (χ4v) is 2.39. The molecule has 0 fully saturated rings. The minimum atomic E-state index is -0.253. The molecule has 0 aliphatic rings. The standard InChI is InChI=1S/C16H22N4O3/c1-3-9-17-15(22)11-18-14(21)8-10-20-13-7-5-4-6-12(13)19(2)16(20)23/h4-7H,3,8-11H2,1-2H3,(H,17,22)(H,18,21). The van der Waals surface area contributed by atoms with E-state index in [-0.39, 0.29) is 37.0 Å². The third kappa shape index (κ3) is 4.00. The van der Waals surface area contributed by atoms with Crippen LogP contribution < -0.4 is 16.3 Å². The van der Waals surface area contributed by atoms with Gasteiger partial charge in [-0.1, -0.05) is 19.1 Å². The van der Waals surface area contributed by atoms with E-state index in [0.29, 0.717) is 6.54 Å². The Labute approximate surface area is 134 Å². The monoisotopic (exact) mass is 318 g/mol. The van der Waals surface area contributed by atoms with E-state index >= 15 is 0 Å². The molecule has 23 heavy (non-hydrogen) atoms. The Morgan fingerprint density at radius 2 is 1.78 bits per heavy atom. The van der Waals surface area contributed by atoms with Crippen molar-refractivity contribution < 1.29 is 9.59 Å². The average molecular weight is 318 g/mol. The number of amides is 2. The lowest BCUT2D eigenvalue weighted by molar-refractivity contribution is -0.126. The maximum absolute atomic E-state index is 12.2. The summed E-state index contributed by atoms with van der Waals surface area (Å²) < 4.78 is 3.14. The molecule has 7 nitrogen and oxygen atoms in total. The number of aromatic nitrogens is 2. The molecule has 2 amide bonds. The highest BCUT2D eigenvalue weighted by Crippen LogP contribution is 2.11. The van der Waals surface area contributed by atoms with Crippen LogP contribution in [0.2, 0.25) is 0 Å². The number of fused-ring (bicyclic) bond motifs is 1. The highest BCUT2D eigenvalue weighted by molar-refractivity contribution is 5.84. The van der Waals surface area contributed by atoms with Gasteiger partial charge in [0.25, 0.3) is 0 Å². The van der Waals surface area contributed by atoms with Gasteiger partial charge in [-0.3, -0.25) is 18.7 Å². The molecule has 1 heterocycles. The van der Waals surface area contributed by atoms with Gasteiger partial charge in [-0.15, -0.1) is 0 Å². The zero-order chi connectivity index (χ0) is 16.8. The number of aryl methyl sites for hydroxylation is 2. The first-order valence-corrected chi connectivity index (χ1v) is 7.72. The number of para-hydroxylation sites is 2. The van der Waals surface area contributed by atoms with E-state index in [1.54, 1.807) is 16.2 Å². The van der Waals surface area contributed by atoms with Crippen LogP contribution in [0.3, 0.4) is 0 Å². The molecule has 2 rings (SSSR count). The van der Waals surface area contributed by atoms with Crippen molar-refractivity contribution >= 4 is 22.8 Å². The lowest BCUT2D eigenvalue weighted by Gasteiger charge is -2.06. The summed E-state index contributed by atoms with van der Waals surface area (Å²) in [5, 5.41) is 5.25. The van der Waals surface area contributed by atoms with Crippen molar-refractivity contribution in [3.63, 3.8) is 0 Å².